The Morgan fingerprint density at radius 2 is 1.94 bits per heavy atom. The predicted molar refractivity (Wildman–Crippen MR) is 61.5 cm³/mol. The van der Waals surface area contributed by atoms with Gasteiger partial charge in [0.15, 0.2) is 0 Å². The zero-order chi connectivity index (χ0) is 11.8. The van der Waals surface area contributed by atoms with E-state index in [1.54, 1.807) is 0 Å². The average Bonchev–Trinajstić information content (AvgIpc) is 2.30. The molecule has 0 atom stereocenters. The van der Waals surface area contributed by atoms with Gasteiger partial charge in [-0.3, -0.25) is 4.98 Å². The lowest BCUT2D eigenvalue weighted by Gasteiger charge is -1.97. The summed E-state index contributed by atoms with van der Waals surface area (Å²) in [6.45, 7) is 2.02. The molecule has 80 valence electrons. The highest BCUT2D eigenvalue weighted by molar-refractivity contribution is 5.83. The molecule has 1 aromatic carbocycles. The highest BCUT2D eigenvalue weighted by Gasteiger charge is 1.92. The second-order valence-corrected chi connectivity index (χ2v) is 3.07. The normalized spacial score (nSPS) is 9.56. The summed E-state index contributed by atoms with van der Waals surface area (Å²) in [5, 5.41) is 2.43. The van der Waals surface area contributed by atoms with Crippen molar-refractivity contribution >= 4 is 23.0 Å². The second-order valence-electron chi connectivity index (χ2n) is 3.07. The molecule has 0 aliphatic carbocycles. The van der Waals surface area contributed by atoms with E-state index in [-0.39, 0.29) is 6.15 Å². The van der Waals surface area contributed by atoms with E-state index >= 15 is 0 Å². The molecule has 0 saturated heterocycles. The molecule has 0 aliphatic heterocycles. The molecule has 0 amide bonds. The quantitative estimate of drug-likeness (QED) is 0.731. The minimum atomic E-state index is 0.250. The van der Waals surface area contributed by atoms with E-state index in [9.17, 15) is 0 Å². The van der Waals surface area contributed by atoms with Gasteiger partial charge in [-0.25, -0.2) is 0 Å². The molecule has 0 spiro atoms. The van der Waals surface area contributed by atoms with Gasteiger partial charge < -0.3 is 0 Å². The van der Waals surface area contributed by atoms with Crippen LogP contribution in [-0.4, -0.2) is 11.1 Å². The third kappa shape index (κ3) is 3.15. The first-order chi connectivity index (χ1) is 7.81. The van der Waals surface area contributed by atoms with E-state index in [0.29, 0.717) is 0 Å². The van der Waals surface area contributed by atoms with Crippen LogP contribution < -0.4 is 0 Å². The fourth-order valence-electron chi connectivity index (χ4n) is 1.40. The second kappa shape index (κ2) is 6.27. The van der Waals surface area contributed by atoms with E-state index < -0.39 is 0 Å². The number of benzene rings is 1. The van der Waals surface area contributed by atoms with Gasteiger partial charge in [0.25, 0.3) is 0 Å². The van der Waals surface area contributed by atoms with Gasteiger partial charge in [-0.05, 0) is 30.0 Å². The Labute approximate surface area is 93.4 Å². The van der Waals surface area contributed by atoms with Crippen LogP contribution in [0.3, 0.4) is 0 Å². The molecule has 2 aromatic rings. The smallest absolute Gasteiger partial charge is 0.264 e. The number of fused-ring (bicyclic) bond motifs is 1. The average molecular weight is 213 g/mol. The molecule has 0 N–H and O–H groups in total. The first kappa shape index (κ1) is 11.8. The van der Waals surface area contributed by atoms with Gasteiger partial charge in [0.1, 0.15) is 0 Å². The van der Waals surface area contributed by atoms with Crippen molar-refractivity contribution in [2.45, 2.75) is 6.92 Å². The number of hydrogen-bond acceptors (Lipinski definition) is 3. The SMILES string of the molecule is C/C=C/c1ccc2cnccc2c1.O=C=O. The van der Waals surface area contributed by atoms with Crippen LogP contribution in [0.25, 0.3) is 16.8 Å². The number of rotatable bonds is 1. The number of hydrogen-bond donors (Lipinski definition) is 0. The molecule has 16 heavy (non-hydrogen) atoms. The number of pyridine rings is 1. The highest BCUT2D eigenvalue weighted by Crippen LogP contribution is 2.15. The fourth-order valence-corrected chi connectivity index (χ4v) is 1.40. The van der Waals surface area contributed by atoms with Gasteiger partial charge in [-0.15, -0.1) is 0 Å². The third-order valence-electron chi connectivity index (χ3n) is 2.02. The molecule has 0 aliphatic rings. The number of allylic oxidation sites excluding steroid dienone is 1. The van der Waals surface area contributed by atoms with E-state index in [1.807, 2.05) is 31.5 Å². The minimum absolute atomic E-state index is 0.250. The summed E-state index contributed by atoms with van der Waals surface area (Å²) in [5.41, 5.74) is 1.24. The molecule has 2 rings (SSSR count). The van der Waals surface area contributed by atoms with Crippen molar-refractivity contribution in [3.63, 3.8) is 0 Å². The molecule has 0 saturated carbocycles. The van der Waals surface area contributed by atoms with Gasteiger partial charge in [0.2, 0.25) is 0 Å². The van der Waals surface area contributed by atoms with Crippen LogP contribution in [0.5, 0.6) is 0 Å². The number of carbonyl (C=O) groups excluding carboxylic acids is 2. The summed E-state index contributed by atoms with van der Waals surface area (Å²) in [4.78, 5) is 20.3. The van der Waals surface area contributed by atoms with Crippen molar-refractivity contribution < 1.29 is 9.59 Å². The highest BCUT2D eigenvalue weighted by atomic mass is 16.2. The summed E-state index contributed by atoms with van der Waals surface area (Å²) in [6.07, 6.45) is 8.10. The van der Waals surface area contributed by atoms with Crippen LogP contribution in [-0.2, 0) is 9.59 Å². The Hall–Kier alpha value is -2.25. The van der Waals surface area contributed by atoms with Crippen molar-refractivity contribution in [3.05, 3.63) is 48.3 Å². The molecule has 1 aromatic heterocycles. The maximum atomic E-state index is 8.12. The summed E-state index contributed by atoms with van der Waals surface area (Å²) >= 11 is 0. The lowest BCUT2D eigenvalue weighted by molar-refractivity contribution is -0.191. The van der Waals surface area contributed by atoms with E-state index in [1.165, 1.54) is 16.3 Å². The minimum Gasteiger partial charge on any atom is -0.264 e. The van der Waals surface area contributed by atoms with Crippen LogP contribution in [0.15, 0.2) is 42.7 Å². The monoisotopic (exact) mass is 213 g/mol. The van der Waals surface area contributed by atoms with Crippen LogP contribution in [0.2, 0.25) is 0 Å². The van der Waals surface area contributed by atoms with Crippen molar-refractivity contribution in [2.24, 2.45) is 0 Å². The van der Waals surface area contributed by atoms with Crippen LogP contribution in [0.4, 0.5) is 0 Å². The first-order valence-corrected chi connectivity index (χ1v) is 4.77. The molecular weight excluding hydrogens is 202 g/mol. The molecule has 1 heterocycles. The van der Waals surface area contributed by atoms with Gasteiger partial charge >= 0.3 is 6.15 Å². The van der Waals surface area contributed by atoms with Gasteiger partial charge in [0.05, 0.1) is 0 Å². The maximum Gasteiger partial charge on any atom is 0.373 e. The Balaban J connectivity index is 0.000000386. The zero-order valence-electron chi connectivity index (χ0n) is 8.88. The largest absolute Gasteiger partial charge is 0.373 e. The molecule has 3 heteroatoms. The zero-order valence-corrected chi connectivity index (χ0v) is 8.88. The Kier molecular flexibility index (Phi) is 4.64. The molecule has 0 bridgehead atoms. The van der Waals surface area contributed by atoms with Crippen molar-refractivity contribution in [3.8, 4) is 0 Å². The number of aromatic nitrogens is 1. The predicted octanol–water partition coefficient (Wildman–Crippen LogP) is 2.68. The van der Waals surface area contributed by atoms with Crippen LogP contribution in [0.1, 0.15) is 12.5 Å². The lowest BCUT2D eigenvalue weighted by atomic mass is 10.1. The maximum absolute atomic E-state index is 8.12. The van der Waals surface area contributed by atoms with E-state index in [2.05, 4.69) is 29.3 Å². The topological polar surface area (TPSA) is 47.0 Å². The van der Waals surface area contributed by atoms with Crippen LogP contribution in [0, 0.1) is 0 Å². The standard InChI is InChI=1S/C12H11N.CO2/c1-2-3-10-4-5-12-9-13-7-6-11(12)8-10;2-1-3/h2-9H,1H3;/b3-2+;. The fraction of sp³-hybridized carbons (Fsp3) is 0.0769. The number of nitrogens with zero attached hydrogens (tertiary/aromatic N) is 1. The van der Waals surface area contributed by atoms with E-state index in [4.69, 9.17) is 9.59 Å². The van der Waals surface area contributed by atoms with Gasteiger partial charge in [-0.1, -0.05) is 24.3 Å². The first-order valence-electron chi connectivity index (χ1n) is 4.77. The Bertz CT molecular complexity index is 526. The third-order valence-corrected chi connectivity index (χ3v) is 2.02. The molecule has 3 nitrogen and oxygen atoms in total. The Morgan fingerprint density at radius 3 is 2.62 bits per heavy atom. The summed E-state index contributed by atoms with van der Waals surface area (Å²) < 4.78 is 0. The van der Waals surface area contributed by atoms with Crippen LogP contribution >= 0.6 is 0 Å². The van der Waals surface area contributed by atoms with Gasteiger partial charge in [-0.2, -0.15) is 9.59 Å². The Morgan fingerprint density at radius 1 is 1.19 bits per heavy atom. The van der Waals surface area contributed by atoms with Gasteiger partial charge in [0, 0.05) is 17.8 Å². The lowest BCUT2D eigenvalue weighted by Crippen LogP contribution is -1.76. The van der Waals surface area contributed by atoms with E-state index in [0.717, 1.165) is 0 Å². The van der Waals surface area contributed by atoms with Crippen molar-refractivity contribution in [2.75, 3.05) is 0 Å². The molecular formula is C13H11NO2. The molecule has 0 fully saturated rings. The van der Waals surface area contributed by atoms with Crippen molar-refractivity contribution in [1.29, 1.82) is 0 Å². The molecule has 0 unspecified atom stereocenters. The summed E-state index contributed by atoms with van der Waals surface area (Å²) in [5.74, 6) is 0. The summed E-state index contributed by atoms with van der Waals surface area (Å²) in [7, 11) is 0. The van der Waals surface area contributed by atoms with Crippen molar-refractivity contribution in [1.82, 2.24) is 4.98 Å². The summed E-state index contributed by atoms with van der Waals surface area (Å²) in [6, 6.07) is 8.39. The molecule has 0 radical (unpaired) electrons.